The van der Waals surface area contributed by atoms with Crippen LogP contribution in [0.1, 0.15) is 67.2 Å². The van der Waals surface area contributed by atoms with E-state index in [9.17, 15) is 4.39 Å². The number of nitrogens with one attached hydrogen (secondary N) is 1. The van der Waals surface area contributed by atoms with Gasteiger partial charge in [0.1, 0.15) is 0 Å². The quantitative estimate of drug-likeness (QED) is 0.664. The van der Waals surface area contributed by atoms with Gasteiger partial charge in [0.25, 0.3) is 0 Å². The van der Waals surface area contributed by atoms with E-state index in [0.29, 0.717) is 16.2 Å². The zero-order chi connectivity index (χ0) is 16.0. The van der Waals surface area contributed by atoms with Gasteiger partial charge in [0.2, 0.25) is 0 Å². The maximum Gasteiger partial charge on any atom is 0.165 e. The van der Waals surface area contributed by atoms with Crippen LogP contribution < -0.4 is 5.32 Å². The molecule has 0 aliphatic carbocycles. The first-order chi connectivity index (χ1) is 9.60. The van der Waals surface area contributed by atoms with Crippen molar-refractivity contribution in [1.82, 2.24) is 4.98 Å². The van der Waals surface area contributed by atoms with E-state index in [4.69, 9.17) is 0 Å². The Hall–Kier alpha value is -0.640. The van der Waals surface area contributed by atoms with E-state index in [1.807, 2.05) is 13.8 Å². The van der Waals surface area contributed by atoms with Crippen LogP contribution in [0, 0.1) is 5.82 Å². The van der Waals surface area contributed by atoms with Crippen LogP contribution in [0.25, 0.3) is 0 Å². The molecule has 0 fully saturated rings. The smallest absolute Gasteiger partial charge is 0.165 e. The van der Waals surface area contributed by atoms with Crippen molar-refractivity contribution in [2.45, 2.75) is 73.3 Å². The summed E-state index contributed by atoms with van der Waals surface area (Å²) in [6.45, 7) is 12.5. The monoisotopic (exact) mass is 348 g/mol. The van der Waals surface area contributed by atoms with Crippen molar-refractivity contribution in [3.63, 3.8) is 0 Å². The fourth-order valence-corrected chi connectivity index (χ4v) is 1.67. The van der Waals surface area contributed by atoms with Gasteiger partial charge in [-0.1, -0.05) is 54.4 Å². The average Bonchev–Trinajstić information content (AvgIpc) is 2.49. The molecule has 0 unspecified atom stereocenters. The topological polar surface area (TPSA) is 24.9 Å². The Labute approximate surface area is 132 Å². The molecule has 0 aliphatic heterocycles. The van der Waals surface area contributed by atoms with E-state index in [-0.39, 0.29) is 5.82 Å². The number of nitrogens with zero attached hydrogens (tertiary/aromatic N) is 1. The summed E-state index contributed by atoms with van der Waals surface area (Å²) in [7, 11) is 0. The van der Waals surface area contributed by atoms with E-state index in [0.717, 1.165) is 12.8 Å². The van der Waals surface area contributed by atoms with Gasteiger partial charge in [-0.3, -0.25) is 4.98 Å². The lowest BCUT2D eigenvalue weighted by molar-refractivity contribution is 0.609. The van der Waals surface area contributed by atoms with Crippen LogP contribution in [-0.2, 0) is 0 Å². The highest BCUT2D eigenvalue weighted by Crippen LogP contribution is 2.25. The second kappa shape index (κ2) is 14.8. The standard InChI is InChI=1S/C10H14BrFN2.C4H10.C2H6/c1-3-7(4-2)14-10-8(11)5-13-6-9(10)12;1-3-4-2;1-2/h5-7H,3-4H2,1-2H3,(H,13,14);3-4H2,1-2H3;1-2H3. The highest BCUT2D eigenvalue weighted by Gasteiger charge is 2.10. The number of pyridine rings is 1. The Bertz CT molecular complexity index is 306. The Morgan fingerprint density at radius 1 is 1.10 bits per heavy atom. The van der Waals surface area contributed by atoms with Crippen LogP contribution >= 0.6 is 15.9 Å². The lowest BCUT2D eigenvalue weighted by Crippen LogP contribution is -2.18. The normalized spacial score (nSPS) is 9.25. The molecular weight excluding hydrogens is 319 g/mol. The van der Waals surface area contributed by atoms with Gasteiger partial charge in [0.15, 0.2) is 5.82 Å². The van der Waals surface area contributed by atoms with E-state index >= 15 is 0 Å². The minimum Gasteiger partial charge on any atom is -0.379 e. The third-order valence-corrected chi connectivity index (χ3v) is 3.29. The third kappa shape index (κ3) is 9.29. The number of halogens is 2. The number of hydrogen-bond donors (Lipinski definition) is 1. The van der Waals surface area contributed by atoms with E-state index in [1.54, 1.807) is 6.20 Å². The molecule has 2 nitrogen and oxygen atoms in total. The maximum absolute atomic E-state index is 13.3. The largest absolute Gasteiger partial charge is 0.379 e. The molecule has 0 spiro atoms. The lowest BCUT2D eigenvalue weighted by Gasteiger charge is -2.17. The van der Waals surface area contributed by atoms with Gasteiger partial charge in [0, 0.05) is 12.2 Å². The Kier molecular flexibility index (Phi) is 16.0. The third-order valence-electron chi connectivity index (χ3n) is 2.69. The predicted molar refractivity (Wildman–Crippen MR) is 91.8 cm³/mol. The van der Waals surface area contributed by atoms with E-state index in [1.165, 1.54) is 19.0 Å². The van der Waals surface area contributed by atoms with Gasteiger partial charge in [-0.05, 0) is 28.8 Å². The second-order valence-corrected chi connectivity index (χ2v) is 4.99. The van der Waals surface area contributed by atoms with Gasteiger partial charge >= 0.3 is 0 Å². The first-order valence-electron chi connectivity index (χ1n) is 7.66. The molecule has 20 heavy (non-hydrogen) atoms. The Morgan fingerprint density at radius 3 is 1.95 bits per heavy atom. The molecule has 0 atom stereocenters. The van der Waals surface area contributed by atoms with Crippen molar-refractivity contribution in [3.8, 4) is 0 Å². The number of aromatic nitrogens is 1. The highest BCUT2D eigenvalue weighted by atomic mass is 79.9. The molecule has 1 N–H and O–H groups in total. The molecule has 0 radical (unpaired) electrons. The van der Waals surface area contributed by atoms with E-state index in [2.05, 4.69) is 53.9 Å². The van der Waals surface area contributed by atoms with Gasteiger partial charge in [-0.2, -0.15) is 0 Å². The van der Waals surface area contributed by atoms with Crippen molar-refractivity contribution in [2.24, 2.45) is 0 Å². The van der Waals surface area contributed by atoms with E-state index < -0.39 is 0 Å². The average molecular weight is 349 g/mol. The zero-order valence-corrected chi connectivity index (χ0v) is 15.3. The van der Waals surface area contributed by atoms with Crippen LogP contribution in [0.2, 0.25) is 0 Å². The van der Waals surface area contributed by atoms with Crippen molar-refractivity contribution in [1.29, 1.82) is 0 Å². The Balaban J connectivity index is 0. The molecule has 1 heterocycles. The number of anilines is 1. The van der Waals surface area contributed by atoms with Gasteiger partial charge in [-0.15, -0.1) is 0 Å². The fraction of sp³-hybridized carbons (Fsp3) is 0.688. The summed E-state index contributed by atoms with van der Waals surface area (Å²) in [5.41, 5.74) is 0.508. The summed E-state index contributed by atoms with van der Waals surface area (Å²) in [4.78, 5) is 3.74. The number of unbranched alkanes of at least 4 members (excludes halogenated alkanes) is 1. The summed E-state index contributed by atoms with van der Waals surface area (Å²) in [6.07, 6.45) is 7.40. The minimum atomic E-state index is -0.314. The van der Waals surface area contributed by atoms with Crippen molar-refractivity contribution in [2.75, 3.05) is 5.32 Å². The first-order valence-corrected chi connectivity index (χ1v) is 8.45. The summed E-state index contributed by atoms with van der Waals surface area (Å²) < 4.78 is 14.0. The zero-order valence-electron chi connectivity index (χ0n) is 13.8. The fourth-order valence-electron chi connectivity index (χ4n) is 1.25. The molecule has 0 aliphatic rings. The van der Waals surface area contributed by atoms with Crippen molar-refractivity contribution in [3.05, 3.63) is 22.7 Å². The molecule has 1 aromatic heterocycles. The van der Waals surface area contributed by atoms with Crippen LogP contribution in [0.3, 0.4) is 0 Å². The molecule has 1 rings (SSSR count). The van der Waals surface area contributed by atoms with Gasteiger partial charge < -0.3 is 5.32 Å². The molecule has 1 aromatic rings. The lowest BCUT2D eigenvalue weighted by atomic mass is 10.1. The van der Waals surface area contributed by atoms with Crippen molar-refractivity contribution < 1.29 is 4.39 Å². The minimum absolute atomic E-state index is 0.309. The van der Waals surface area contributed by atoms with Gasteiger partial charge in [-0.25, -0.2) is 4.39 Å². The molecule has 4 heteroatoms. The van der Waals surface area contributed by atoms with Crippen LogP contribution in [-0.4, -0.2) is 11.0 Å². The SMILES string of the molecule is CC.CCC(CC)Nc1c(F)cncc1Br.CCCC. The van der Waals surface area contributed by atoms with Gasteiger partial charge in [0.05, 0.1) is 16.4 Å². The second-order valence-electron chi connectivity index (χ2n) is 4.14. The molecule has 0 saturated heterocycles. The maximum atomic E-state index is 13.3. The highest BCUT2D eigenvalue weighted by molar-refractivity contribution is 9.10. The number of hydrogen-bond acceptors (Lipinski definition) is 2. The van der Waals surface area contributed by atoms with Crippen LogP contribution in [0.15, 0.2) is 16.9 Å². The Morgan fingerprint density at radius 2 is 1.60 bits per heavy atom. The molecule has 0 bridgehead atoms. The van der Waals surface area contributed by atoms with Crippen molar-refractivity contribution >= 4 is 21.6 Å². The summed E-state index contributed by atoms with van der Waals surface area (Å²) in [6, 6.07) is 0.309. The predicted octanol–water partition coefficient (Wildman–Crippen LogP) is 6.42. The molecule has 0 amide bonds. The summed E-state index contributed by atoms with van der Waals surface area (Å²) in [5, 5.41) is 3.15. The molecule has 0 saturated carbocycles. The summed E-state index contributed by atoms with van der Waals surface area (Å²) >= 11 is 3.27. The molecular formula is C16H30BrFN2. The van der Waals surface area contributed by atoms with Crippen LogP contribution in [0.5, 0.6) is 0 Å². The number of rotatable bonds is 5. The first kappa shape index (κ1) is 21.7. The van der Waals surface area contributed by atoms with Crippen LogP contribution in [0.4, 0.5) is 10.1 Å². The molecule has 118 valence electrons. The molecule has 0 aromatic carbocycles. The summed E-state index contributed by atoms with van der Waals surface area (Å²) in [5.74, 6) is -0.314.